The molecule has 8 nitrogen and oxygen atoms in total. The zero-order valence-electron chi connectivity index (χ0n) is 16.5. The van der Waals surface area contributed by atoms with E-state index in [9.17, 15) is 22.4 Å². The number of anilines is 1. The molecule has 1 aromatic heterocycles. The average Bonchev–Trinajstić information content (AvgIpc) is 2.73. The highest BCUT2D eigenvalue weighted by molar-refractivity contribution is 7.92. The fourth-order valence-electron chi connectivity index (χ4n) is 3.19. The standard InChI is InChI=1S/C20H23FN4O4S.H2/c1-2-13-30(28,29)23-16-5-3-15(4-6-16)19(26)24-9-11-25(12-10-24)20(27)17-7-8-22-14-18(17)21;/h3-8,14,23H,2,9-13H2,1H3;1H. The molecule has 3 rings (SSSR count). The Bertz CT molecular complexity index is 1030. The number of nitrogens with one attached hydrogen (secondary N) is 1. The first-order valence-corrected chi connectivity index (χ1v) is 11.2. The first kappa shape index (κ1) is 21.7. The van der Waals surface area contributed by atoms with E-state index in [1.54, 1.807) is 36.1 Å². The van der Waals surface area contributed by atoms with Gasteiger partial charge < -0.3 is 9.80 Å². The number of halogens is 1. The monoisotopic (exact) mass is 436 g/mol. The van der Waals surface area contributed by atoms with Gasteiger partial charge in [0.05, 0.1) is 17.5 Å². The Labute approximate surface area is 176 Å². The molecule has 0 atom stereocenters. The van der Waals surface area contributed by atoms with Crippen LogP contribution in [0.25, 0.3) is 0 Å². The molecule has 2 amide bonds. The Balaban J connectivity index is 0.00000341. The Hall–Kier alpha value is -3.01. The van der Waals surface area contributed by atoms with Crippen LogP contribution in [0.2, 0.25) is 0 Å². The average molecular weight is 437 g/mol. The van der Waals surface area contributed by atoms with Crippen molar-refractivity contribution in [2.24, 2.45) is 0 Å². The lowest BCUT2D eigenvalue weighted by Gasteiger charge is -2.35. The Kier molecular flexibility index (Phi) is 6.66. The lowest BCUT2D eigenvalue weighted by atomic mass is 10.1. The Morgan fingerprint density at radius 3 is 2.23 bits per heavy atom. The second-order valence-electron chi connectivity index (χ2n) is 6.94. The SMILES string of the molecule is CCCS(=O)(=O)Nc1ccc(C(=O)N2CCN(C(=O)c3ccncc3F)CC2)cc1.[HH]. The van der Waals surface area contributed by atoms with Crippen molar-refractivity contribution < 1.29 is 23.8 Å². The van der Waals surface area contributed by atoms with Gasteiger partial charge in [-0.1, -0.05) is 6.92 Å². The molecule has 1 N–H and O–H groups in total. The van der Waals surface area contributed by atoms with Crippen LogP contribution in [-0.2, 0) is 10.0 Å². The van der Waals surface area contributed by atoms with Gasteiger partial charge >= 0.3 is 0 Å². The van der Waals surface area contributed by atoms with Gasteiger partial charge in [-0.2, -0.15) is 0 Å². The highest BCUT2D eigenvalue weighted by Crippen LogP contribution is 2.16. The third kappa shape index (κ3) is 5.12. The van der Waals surface area contributed by atoms with Crippen LogP contribution < -0.4 is 4.72 Å². The van der Waals surface area contributed by atoms with Crippen LogP contribution in [0, 0.1) is 5.82 Å². The van der Waals surface area contributed by atoms with Crippen molar-refractivity contribution in [1.29, 1.82) is 0 Å². The van der Waals surface area contributed by atoms with E-state index in [1.165, 1.54) is 17.2 Å². The zero-order valence-corrected chi connectivity index (χ0v) is 17.4. The summed E-state index contributed by atoms with van der Waals surface area (Å²) in [5.74, 6) is -1.28. The van der Waals surface area contributed by atoms with Crippen LogP contribution in [-0.4, -0.2) is 66.9 Å². The first-order valence-electron chi connectivity index (χ1n) is 9.59. The van der Waals surface area contributed by atoms with E-state index in [0.29, 0.717) is 43.9 Å². The molecule has 1 aromatic carbocycles. The van der Waals surface area contributed by atoms with Crippen LogP contribution in [0.5, 0.6) is 0 Å². The van der Waals surface area contributed by atoms with Gasteiger partial charge in [-0.3, -0.25) is 19.3 Å². The van der Waals surface area contributed by atoms with E-state index in [0.717, 1.165) is 6.20 Å². The van der Waals surface area contributed by atoms with Gasteiger partial charge in [0.25, 0.3) is 11.8 Å². The molecule has 1 aliphatic rings. The molecule has 30 heavy (non-hydrogen) atoms. The zero-order chi connectivity index (χ0) is 21.7. The summed E-state index contributed by atoms with van der Waals surface area (Å²) in [6.45, 7) is 3.01. The minimum absolute atomic E-state index is 0. The number of amides is 2. The van der Waals surface area contributed by atoms with Gasteiger partial charge in [-0.05, 0) is 36.8 Å². The molecule has 0 saturated carbocycles. The van der Waals surface area contributed by atoms with E-state index < -0.39 is 21.7 Å². The molecule has 0 radical (unpaired) electrons. The summed E-state index contributed by atoms with van der Waals surface area (Å²) in [4.78, 5) is 31.9. The number of hydrogen-bond donors (Lipinski definition) is 1. The second-order valence-corrected chi connectivity index (χ2v) is 8.78. The van der Waals surface area contributed by atoms with Crippen LogP contribution in [0.15, 0.2) is 42.7 Å². The van der Waals surface area contributed by atoms with Gasteiger partial charge in [0, 0.05) is 45.1 Å². The lowest BCUT2D eigenvalue weighted by Crippen LogP contribution is -2.50. The van der Waals surface area contributed by atoms with E-state index in [2.05, 4.69) is 9.71 Å². The lowest BCUT2D eigenvalue weighted by molar-refractivity contribution is 0.0532. The van der Waals surface area contributed by atoms with Gasteiger partial charge in [-0.25, -0.2) is 12.8 Å². The molecule has 1 aliphatic heterocycles. The minimum atomic E-state index is -3.39. The Morgan fingerprint density at radius 1 is 1.07 bits per heavy atom. The predicted molar refractivity (Wildman–Crippen MR) is 112 cm³/mol. The normalized spacial score (nSPS) is 14.5. The summed E-state index contributed by atoms with van der Waals surface area (Å²) < 4.78 is 39.9. The van der Waals surface area contributed by atoms with Crippen LogP contribution in [0.4, 0.5) is 10.1 Å². The van der Waals surface area contributed by atoms with Gasteiger partial charge in [0.1, 0.15) is 0 Å². The topological polar surface area (TPSA) is 99.7 Å². The van der Waals surface area contributed by atoms with Crippen LogP contribution in [0.3, 0.4) is 0 Å². The largest absolute Gasteiger partial charge is 0.335 e. The van der Waals surface area contributed by atoms with Gasteiger partial charge in [-0.15, -0.1) is 0 Å². The summed E-state index contributed by atoms with van der Waals surface area (Å²) in [5, 5.41) is 0. The molecular weight excluding hydrogens is 411 g/mol. The minimum Gasteiger partial charge on any atom is -0.335 e. The fraction of sp³-hybridized carbons (Fsp3) is 0.350. The van der Waals surface area contributed by atoms with E-state index in [1.807, 2.05) is 0 Å². The molecule has 2 aromatic rings. The van der Waals surface area contributed by atoms with Crippen molar-refractivity contribution in [2.75, 3.05) is 36.7 Å². The van der Waals surface area contributed by atoms with E-state index in [4.69, 9.17) is 0 Å². The van der Waals surface area contributed by atoms with Crippen LogP contribution >= 0.6 is 0 Å². The van der Waals surface area contributed by atoms with Crippen molar-refractivity contribution in [1.82, 2.24) is 14.8 Å². The fourth-order valence-corrected chi connectivity index (χ4v) is 4.33. The number of aromatic nitrogens is 1. The second kappa shape index (κ2) is 9.21. The predicted octanol–water partition coefficient (Wildman–Crippen LogP) is 2.22. The molecule has 2 heterocycles. The van der Waals surface area contributed by atoms with Crippen molar-refractivity contribution in [3.63, 3.8) is 0 Å². The number of piperazine rings is 1. The Morgan fingerprint density at radius 2 is 1.67 bits per heavy atom. The summed E-state index contributed by atoms with van der Waals surface area (Å²) in [6, 6.07) is 7.57. The number of hydrogen-bond acceptors (Lipinski definition) is 5. The number of sulfonamides is 1. The first-order chi connectivity index (χ1) is 14.3. The molecule has 1 saturated heterocycles. The number of carbonyl (C=O) groups excluding carboxylic acids is 2. The molecule has 0 aliphatic carbocycles. The summed E-state index contributed by atoms with van der Waals surface area (Å²) in [6.07, 6.45) is 2.87. The van der Waals surface area contributed by atoms with E-state index in [-0.39, 0.29) is 18.7 Å². The van der Waals surface area contributed by atoms with Crippen molar-refractivity contribution in [2.45, 2.75) is 13.3 Å². The number of benzene rings is 1. The molecule has 10 heteroatoms. The molecule has 0 bridgehead atoms. The smallest absolute Gasteiger partial charge is 0.257 e. The molecule has 1 fully saturated rings. The summed E-state index contributed by atoms with van der Waals surface area (Å²) in [7, 11) is -3.39. The van der Waals surface area contributed by atoms with Crippen molar-refractivity contribution in [3.8, 4) is 0 Å². The van der Waals surface area contributed by atoms with Crippen molar-refractivity contribution >= 4 is 27.5 Å². The van der Waals surface area contributed by atoms with Gasteiger partial charge in [0.15, 0.2) is 5.82 Å². The number of rotatable bonds is 6. The van der Waals surface area contributed by atoms with E-state index >= 15 is 0 Å². The molecule has 0 unspecified atom stereocenters. The number of pyridine rings is 1. The maximum Gasteiger partial charge on any atom is 0.257 e. The quantitative estimate of drug-likeness (QED) is 0.749. The third-order valence-electron chi connectivity index (χ3n) is 4.74. The molecule has 162 valence electrons. The van der Waals surface area contributed by atoms with Crippen molar-refractivity contribution in [3.05, 3.63) is 59.7 Å². The molecular formula is C20H25FN4O4S. The maximum atomic E-state index is 13.8. The summed E-state index contributed by atoms with van der Waals surface area (Å²) >= 11 is 0. The highest BCUT2D eigenvalue weighted by atomic mass is 32.2. The van der Waals surface area contributed by atoms with Crippen LogP contribution in [0.1, 0.15) is 35.5 Å². The highest BCUT2D eigenvalue weighted by Gasteiger charge is 2.26. The van der Waals surface area contributed by atoms with Gasteiger partial charge in [0.2, 0.25) is 10.0 Å². The third-order valence-corrected chi connectivity index (χ3v) is 6.23. The number of carbonyl (C=O) groups is 2. The summed E-state index contributed by atoms with van der Waals surface area (Å²) in [5.41, 5.74) is 0.786. The molecule has 0 spiro atoms. The number of nitrogens with zero attached hydrogens (tertiary/aromatic N) is 3. The maximum absolute atomic E-state index is 13.8.